The predicted octanol–water partition coefficient (Wildman–Crippen LogP) is 2.24. The first-order valence-electron chi connectivity index (χ1n) is 8.18. The van der Waals surface area contributed by atoms with Gasteiger partial charge in [0.2, 0.25) is 5.91 Å². The van der Waals surface area contributed by atoms with Gasteiger partial charge in [-0.25, -0.2) is 9.18 Å². The number of nitrogens with one attached hydrogen (secondary N) is 2. The fraction of sp³-hybridized carbons (Fsp3) is 0.211. The van der Waals surface area contributed by atoms with E-state index in [-0.39, 0.29) is 5.69 Å². The molecular weight excluding hydrogens is 353 g/mol. The van der Waals surface area contributed by atoms with Crippen LogP contribution < -0.4 is 15.4 Å². The maximum Gasteiger partial charge on any atom is 0.325 e. The summed E-state index contributed by atoms with van der Waals surface area (Å²) >= 11 is 0. The molecule has 0 spiro atoms. The average Bonchev–Trinajstić information content (AvgIpc) is 2.88. The van der Waals surface area contributed by atoms with Gasteiger partial charge >= 0.3 is 6.03 Å². The minimum atomic E-state index is -1.30. The number of para-hydroxylation sites is 1. The molecule has 0 aromatic heterocycles. The van der Waals surface area contributed by atoms with Gasteiger partial charge in [0.1, 0.15) is 23.7 Å². The van der Waals surface area contributed by atoms with Crippen LogP contribution in [0.25, 0.3) is 0 Å². The van der Waals surface area contributed by atoms with Gasteiger partial charge < -0.3 is 15.4 Å². The number of imide groups is 1. The third kappa shape index (κ3) is 3.46. The third-order valence-corrected chi connectivity index (χ3v) is 4.39. The van der Waals surface area contributed by atoms with Crippen molar-refractivity contribution in [3.8, 4) is 5.75 Å². The molecule has 0 saturated carbocycles. The van der Waals surface area contributed by atoms with Crippen molar-refractivity contribution >= 4 is 23.5 Å². The number of amides is 4. The number of methoxy groups -OCH3 is 1. The van der Waals surface area contributed by atoms with Crippen molar-refractivity contribution in [1.82, 2.24) is 10.2 Å². The van der Waals surface area contributed by atoms with Crippen LogP contribution in [0.5, 0.6) is 5.75 Å². The molecular formula is C19H18FN3O4. The first-order valence-corrected chi connectivity index (χ1v) is 8.18. The molecule has 3 rings (SSSR count). The fourth-order valence-electron chi connectivity index (χ4n) is 2.86. The average molecular weight is 371 g/mol. The predicted molar refractivity (Wildman–Crippen MR) is 95.6 cm³/mol. The zero-order valence-corrected chi connectivity index (χ0v) is 14.8. The number of rotatable bonds is 5. The van der Waals surface area contributed by atoms with Crippen LogP contribution in [0.2, 0.25) is 0 Å². The first kappa shape index (κ1) is 18.4. The lowest BCUT2D eigenvalue weighted by Gasteiger charge is -2.22. The molecule has 2 N–H and O–H groups in total. The van der Waals surface area contributed by atoms with Crippen LogP contribution in [0.4, 0.5) is 14.9 Å². The van der Waals surface area contributed by atoms with Gasteiger partial charge in [0.15, 0.2) is 0 Å². The monoisotopic (exact) mass is 371 g/mol. The molecule has 0 aliphatic carbocycles. The Kier molecular flexibility index (Phi) is 4.81. The molecule has 2 aromatic rings. The van der Waals surface area contributed by atoms with E-state index in [4.69, 9.17) is 4.74 Å². The van der Waals surface area contributed by atoms with Crippen molar-refractivity contribution in [2.45, 2.75) is 12.5 Å². The number of urea groups is 1. The van der Waals surface area contributed by atoms with E-state index in [1.807, 2.05) is 0 Å². The zero-order valence-electron chi connectivity index (χ0n) is 14.8. The lowest BCUT2D eigenvalue weighted by molar-refractivity contribution is -0.133. The summed E-state index contributed by atoms with van der Waals surface area (Å²) in [4.78, 5) is 38.1. The summed E-state index contributed by atoms with van der Waals surface area (Å²) < 4.78 is 18.7. The standard InChI is InChI=1S/C19H18FN3O4/c1-19(12-7-9-13(27-2)10-8-12)17(25)23(18(26)22-19)11-16(24)21-15-6-4-3-5-14(15)20/h3-10H,11H2,1-2H3,(H,21,24)(H,22,26)/t19-/m0/s1. The van der Waals surface area contributed by atoms with Crippen LogP contribution >= 0.6 is 0 Å². The second-order valence-corrected chi connectivity index (χ2v) is 6.20. The Hall–Kier alpha value is -3.42. The second-order valence-electron chi connectivity index (χ2n) is 6.20. The Morgan fingerprint density at radius 3 is 2.48 bits per heavy atom. The van der Waals surface area contributed by atoms with Crippen molar-refractivity contribution in [2.24, 2.45) is 0 Å². The van der Waals surface area contributed by atoms with E-state index < -0.39 is 35.7 Å². The smallest absolute Gasteiger partial charge is 0.325 e. The number of carbonyl (C=O) groups is 3. The molecule has 1 heterocycles. The summed E-state index contributed by atoms with van der Waals surface area (Å²) in [7, 11) is 1.52. The Bertz CT molecular complexity index is 900. The van der Waals surface area contributed by atoms with Gasteiger partial charge in [-0.3, -0.25) is 14.5 Å². The van der Waals surface area contributed by atoms with Gasteiger partial charge in [-0.15, -0.1) is 0 Å². The van der Waals surface area contributed by atoms with E-state index in [1.165, 1.54) is 25.3 Å². The Morgan fingerprint density at radius 1 is 1.19 bits per heavy atom. The minimum Gasteiger partial charge on any atom is -0.497 e. The number of nitrogens with zero attached hydrogens (tertiary/aromatic N) is 1. The molecule has 2 aromatic carbocycles. The van der Waals surface area contributed by atoms with Crippen molar-refractivity contribution in [2.75, 3.05) is 19.0 Å². The summed E-state index contributed by atoms with van der Waals surface area (Å²) in [5.41, 5.74) is -0.770. The number of benzene rings is 2. The van der Waals surface area contributed by atoms with Crippen LogP contribution in [0, 0.1) is 5.82 Å². The normalized spacial score (nSPS) is 19.0. The number of hydrogen-bond donors (Lipinski definition) is 2. The van der Waals surface area contributed by atoms with Crippen molar-refractivity contribution in [3.05, 3.63) is 59.9 Å². The molecule has 1 aliphatic heterocycles. The summed E-state index contributed by atoms with van der Waals surface area (Å²) in [6, 6.07) is 11.6. The quantitative estimate of drug-likeness (QED) is 0.789. The number of ether oxygens (including phenoxy) is 1. The van der Waals surface area contributed by atoms with Gasteiger partial charge in [0.05, 0.1) is 12.8 Å². The largest absolute Gasteiger partial charge is 0.497 e. The van der Waals surface area contributed by atoms with E-state index >= 15 is 0 Å². The van der Waals surface area contributed by atoms with Gasteiger partial charge in [-0.2, -0.15) is 0 Å². The van der Waals surface area contributed by atoms with Crippen LogP contribution in [0.1, 0.15) is 12.5 Å². The molecule has 0 bridgehead atoms. The van der Waals surface area contributed by atoms with Gasteiger partial charge in [-0.1, -0.05) is 24.3 Å². The second kappa shape index (κ2) is 7.06. The van der Waals surface area contributed by atoms with Crippen LogP contribution in [0.15, 0.2) is 48.5 Å². The highest BCUT2D eigenvalue weighted by Crippen LogP contribution is 2.30. The topological polar surface area (TPSA) is 87.7 Å². The Morgan fingerprint density at radius 2 is 1.85 bits per heavy atom. The summed E-state index contributed by atoms with van der Waals surface area (Å²) in [6.45, 7) is 1.04. The van der Waals surface area contributed by atoms with Crippen molar-refractivity contribution < 1.29 is 23.5 Å². The molecule has 1 fully saturated rings. The van der Waals surface area contributed by atoms with Crippen LogP contribution in [-0.2, 0) is 15.1 Å². The lowest BCUT2D eigenvalue weighted by atomic mass is 9.92. The first-order chi connectivity index (χ1) is 12.8. The van der Waals surface area contributed by atoms with E-state index in [2.05, 4.69) is 10.6 Å². The highest BCUT2D eigenvalue weighted by Gasteiger charge is 2.49. The maximum atomic E-state index is 13.6. The molecule has 0 unspecified atom stereocenters. The minimum absolute atomic E-state index is 0.0209. The summed E-state index contributed by atoms with van der Waals surface area (Å²) in [5.74, 6) is -1.24. The SMILES string of the molecule is COc1ccc([C@]2(C)NC(=O)N(CC(=O)Nc3ccccc3F)C2=O)cc1. The number of halogens is 1. The third-order valence-electron chi connectivity index (χ3n) is 4.39. The van der Waals surface area contributed by atoms with E-state index in [0.29, 0.717) is 11.3 Å². The van der Waals surface area contributed by atoms with Gasteiger partial charge in [0, 0.05) is 0 Å². The molecule has 0 radical (unpaired) electrons. The fourth-order valence-corrected chi connectivity index (χ4v) is 2.86. The molecule has 1 saturated heterocycles. The Labute approximate surface area is 155 Å². The van der Waals surface area contributed by atoms with Gasteiger partial charge in [0.25, 0.3) is 5.91 Å². The molecule has 4 amide bonds. The van der Waals surface area contributed by atoms with E-state index in [0.717, 1.165) is 4.90 Å². The highest BCUT2D eigenvalue weighted by molar-refractivity contribution is 6.10. The van der Waals surface area contributed by atoms with Crippen LogP contribution in [0.3, 0.4) is 0 Å². The summed E-state index contributed by atoms with van der Waals surface area (Å²) in [6.07, 6.45) is 0. The summed E-state index contributed by atoms with van der Waals surface area (Å²) in [5, 5.41) is 4.96. The molecule has 8 heteroatoms. The molecule has 140 valence electrons. The van der Waals surface area contributed by atoms with Gasteiger partial charge in [-0.05, 0) is 36.8 Å². The molecule has 7 nitrogen and oxygen atoms in total. The lowest BCUT2D eigenvalue weighted by Crippen LogP contribution is -2.42. The van der Waals surface area contributed by atoms with E-state index in [9.17, 15) is 18.8 Å². The highest BCUT2D eigenvalue weighted by atomic mass is 19.1. The Balaban J connectivity index is 1.75. The van der Waals surface area contributed by atoms with E-state index in [1.54, 1.807) is 37.3 Å². The molecule has 1 aliphatic rings. The molecule has 27 heavy (non-hydrogen) atoms. The van der Waals surface area contributed by atoms with Crippen molar-refractivity contribution in [3.63, 3.8) is 0 Å². The maximum absolute atomic E-state index is 13.6. The van der Waals surface area contributed by atoms with Crippen molar-refractivity contribution in [1.29, 1.82) is 0 Å². The zero-order chi connectivity index (χ0) is 19.6. The number of carbonyl (C=O) groups excluding carboxylic acids is 3. The van der Waals surface area contributed by atoms with Crippen LogP contribution in [-0.4, -0.2) is 36.4 Å². The molecule has 1 atom stereocenters. The number of hydrogen-bond acceptors (Lipinski definition) is 4. The number of anilines is 1.